The fraction of sp³-hybridized carbons (Fsp3) is 0.545. The molecular formula is C11H18N6O. The van der Waals surface area contributed by atoms with Crippen molar-refractivity contribution in [2.24, 2.45) is 7.05 Å². The average molecular weight is 250 g/mol. The second-order valence-electron chi connectivity index (χ2n) is 5.13. The van der Waals surface area contributed by atoms with E-state index in [2.05, 4.69) is 46.7 Å². The summed E-state index contributed by atoms with van der Waals surface area (Å²) in [6.45, 7) is 6.79. The van der Waals surface area contributed by atoms with E-state index >= 15 is 0 Å². The van der Waals surface area contributed by atoms with Crippen LogP contribution in [0.4, 0.5) is 11.7 Å². The SMILES string of the molecule is Cn1cc(Nc2nnc(CNC(C)(C)C)o2)cn1. The van der Waals surface area contributed by atoms with Gasteiger partial charge in [-0.25, -0.2) is 0 Å². The molecular weight excluding hydrogens is 232 g/mol. The maximum absolute atomic E-state index is 5.46. The Kier molecular flexibility index (Phi) is 3.33. The lowest BCUT2D eigenvalue weighted by atomic mass is 10.1. The Labute approximate surface area is 106 Å². The number of aryl methyl sites for hydroxylation is 1. The van der Waals surface area contributed by atoms with Crippen molar-refractivity contribution in [1.29, 1.82) is 0 Å². The average Bonchev–Trinajstić information content (AvgIpc) is 2.85. The minimum absolute atomic E-state index is 0.0193. The molecule has 0 saturated heterocycles. The van der Waals surface area contributed by atoms with E-state index in [9.17, 15) is 0 Å². The zero-order chi connectivity index (χ0) is 13.2. The second-order valence-corrected chi connectivity index (χ2v) is 5.13. The van der Waals surface area contributed by atoms with Crippen molar-refractivity contribution in [2.75, 3.05) is 5.32 Å². The first-order valence-corrected chi connectivity index (χ1v) is 5.75. The molecule has 0 saturated carbocycles. The van der Waals surface area contributed by atoms with Gasteiger partial charge in [-0.15, -0.1) is 5.10 Å². The molecule has 2 aromatic heterocycles. The largest absolute Gasteiger partial charge is 0.406 e. The highest BCUT2D eigenvalue weighted by Crippen LogP contribution is 2.14. The normalized spacial score (nSPS) is 11.8. The van der Waals surface area contributed by atoms with Gasteiger partial charge in [-0.2, -0.15) is 5.10 Å². The van der Waals surface area contributed by atoms with Crippen LogP contribution in [0.3, 0.4) is 0 Å². The topological polar surface area (TPSA) is 80.8 Å². The number of nitrogens with zero attached hydrogens (tertiary/aromatic N) is 4. The standard InChI is InChI=1S/C11H18N6O/c1-11(2,3)12-6-9-15-16-10(18-9)14-8-5-13-17(4)7-8/h5,7,12H,6H2,1-4H3,(H,14,16). The van der Waals surface area contributed by atoms with Gasteiger partial charge in [0.2, 0.25) is 5.89 Å². The predicted octanol–water partition coefficient (Wildman–Crippen LogP) is 1.43. The van der Waals surface area contributed by atoms with Gasteiger partial charge in [-0.3, -0.25) is 4.68 Å². The molecule has 98 valence electrons. The van der Waals surface area contributed by atoms with Crippen molar-refractivity contribution < 1.29 is 4.42 Å². The number of hydrogen-bond donors (Lipinski definition) is 2. The third-order valence-electron chi connectivity index (χ3n) is 2.19. The van der Waals surface area contributed by atoms with Gasteiger partial charge in [-0.05, 0) is 20.8 Å². The molecule has 0 fully saturated rings. The molecule has 7 heteroatoms. The van der Waals surface area contributed by atoms with Crippen molar-refractivity contribution in [3.63, 3.8) is 0 Å². The summed E-state index contributed by atoms with van der Waals surface area (Å²) < 4.78 is 7.15. The van der Waals surface area contributed by atoms with Crippen LogP contribution in [0.25, 0.3) is 0 Å². The fourth-order valence-corrected chi connectivity index (χ4v) is 1.33. The van der Waals surface area contributed by atoms with Crippen LogP contribution in [0.2, 0.25) is 0 Å². The molecule has 0 spiro atoms. The van der Waals surface area contributed by atoms with E-state index in [1.807, 2.05) is 13.2 Å². The van der Waals surface area contributed by atoms with Crippen LogP contribution in [-0.4, -0.2) is 25.5 Å². The van der Waals surface area contributed by atoms with Crippen molar-refractivity contribution in [3.05, 3.63) is 18.3 Å². The Bertz CT molecular complexity index is 510. The van der Waals surface area contributed by atoms with Crippen molar-refractivity contribution in [1.82, 2.24) is 25.3 Å². The molecule has 0 radical (unpaired) electrons. The molecule has 0 aliphatic carbocycles. The van der Waals surface area contributed by atoms with E-state index in [-0.39, 0.29) is 5.54 Å². The highest BCUT2D eigenvalue weighted by molar-refractivity contribution is 5.48. The number of rotatable bonds is 4. The number of nitrogens with one attached hydrogen (secondary N) is 2. The summed E-state index contributed by atoms with van der Waals surface area (Å²) in [4.78, 5) is 0. The monoisotopic (exact) mass is 250 g/mol. The minimum Gasteiger partial charge on any atom is -0.406 e. The van der Waals surface area contributed by atoms with Crippen molar-refractivity contribution in [2.45, 2.75) is 32.9 Å². The number of hydrogen-bond acceptors (Lipinski definition) is 6. The summed E-state index contributed by atoms with van der Waals surface area (Å²) >= 11 is 0. The Morgan fingerprint density at radius 2 is 2.11 bits per heavy atom. The van der Waals surface area contributed by atoms with Gasteiger partial charge in [0, 0.05) is 18.8 Å². The predicted molar refractivity (Wildman–Crippen MR) is 67.4 cm³/mol. The summed E-state index contributed by atoms with van der Waals surface area (Å²) in [5, 5.41) is 18.2. The van der Waals surface area contributed by atoms with E-state index in [0.717, 1.165) is 5.69 Å². The molecule has 0 aliphatic heterocycles. The number of anilines is 2. The van der Waals surface area contributed by atoms with Crippen molar-refractivity contribution in [3.8, 4) is 0 Å². The second kappa shape index (κ2) is 4.77. The third kappa shape index (κ3) is 3.56. The Morgan fingerprint density at radius 3 is 2.72 bits per heavy atom. The van der Waals surface area contributed by atoms with Crippen LogP contribution in [0.5, 0.6) is 0 Å². The Hall–Kier alpha value is -1.89. The van der Waals surface area contributed by atoms with Crippen LogP contribution < -0.4 is 10.6 Å². The van der Waals surface area contributed by atoms with Crippen LogP contribution in [0.1, 0.15) is 26.7 Å². The lowest BCUT2D eigenvalue weighted by Gasteiger charge is -2.18. The zero-order valence-electron chi connectivity index (χ0n) is 11.1. The van der Waals surface area contributed by atoms with Gasteiger partial charge >= 0.3 is 6.01 Å². The summed E-state index contributed by atoms with van der Waals surface area (Å²) in [5.41, 5.74) is 0.835. The van der Waals surface area contributed by atoms with E-state index in [0.29, 0.717) is 18.5 Å². The smallest absolute Gasteiger partial charge is 0.320 e. The third-order valence-corrected chi connectivity index (χ3v) is 2.19. The molecule has 0 unspecified atom stereocenters. The van der Waals surface area contributed by atoms with E-state index < -0.39 is 0 Å². The van der Waals surface area contributed by atoms with Gasteiger partial charge in [0.1, 0.15) is 0 Å². The van der Waals surface area contributed by atoms with Gasteiger partial charge in [0.05, 0.1) is 18.4 Å². The molecule has 2 aromatic rings. The maximum Gasteiger partial charge on any atom is 0.320 e. The van der Waals surface area contributed by atoms with Crippen molar-refractivity contribution >= 4 is 11.7 Å². The highest BCUT2D eigenvalue weighted by Gasteiger charge is 2.12. The lowest BCUT2D eigenvalue weighted by Crippen LogP contribution is -2.35. The van der Waals surface area contributed by atoms with Crippen LogP contribution in [0, 0.1) is 0 Å². The van der Waals surface area contributed by atoms with Gasteiger partial charge in [0.15, 0.2) is 0 Å². The summed E-state index contributed by atoms with van der Waals surface area (Å²) in [6.07, 6.45) is 3.52. The molecule has 7 nitrogen and oxygen atoms in total. The Morgan fingerprint density at radius 1 is 1.33 bits per heavy atom. The lowest BCUT2D eigenvalue weighted by molar-refractivity contribution is 0.384. The van der Waals surface area contributed by atoms with Crippen LogP contribution in [-0.2, 0) is 13.6 Å². The first-order chi connectivity index (χ1) is 8.42. The molecule has 2 N–H and O–H groups in total. The molecule has 0 aliphatic rings. The molecule has 0 atom stereocenters. The van der Waals surface area contributed by atoms with Crippen LogP contribution in [0.15, 0.2) is 16.8 Å². The Balaban J connectivity index is 1.94. The van der Waals surface area contributed by atoms with E-state index in [4.69, 9.17) is 4.42 Å². The summed E-state index contributed by atoms with van der Waals surface area (Å²) in [7, 11) is 1.84. The van der Waals surface area contributed by atoms with Crippen LogP contribution >= 0.6 is 0 Å². The van der Waals surface area contributed by atoms with E-state index in [1.54, 1.807) is 10.9 Å². The fourth-order valence-electron chi connectivity index (χ4n) is 1.33. The van der Waals surface area contributed by atoms with Gasteiger partial charge in [-0.1, -0.05) is 5.10 Å². The summed E-state index contributed by atoms with van der Waals surface area (Å²) in [6, 6.07) is 0.369. The zero-order valence-corrected chi connectivity index (χ0v) is 11.1. The molecule has 2 heterocycles. The first kappa shape index (κ1) is 12.6. The molecule has 2 rings (SSSR count). The summed E-state index contributed by atoms with van der Waals surface area (Å²) in [5.74, 6) is 0.552. The van der Waals surface area contributed by atoms with Gasteiger partial charge in [0.25, 0.3) is 0 Å². The molecule has 0 amide bonds. The molecule has 18 heavy (non-hydrogen) atoms. The molecule has 0 aromatic carbocycles. The number of aromatic nitrogens is 4. The highest BCUT2D eigenvalue weighted by atomic mass is 16.4. The minimum atomic E-state index is 0.0193. The maximum atomic E-state index is 5.46. The first-order valence-electron chi connectivity index (χ1n) is 5.75. The van der Waals surface area contributed by atoms with E-state index in [1.165, 1.54) is 0 Å². The quantitative estimate of drug-likeness (QED) is 0.854. The van der Waals surface area contributed by atoms with Gasteiger partial charge < -0.3 is 15.1 Å². The molecule has 0 bridgehead atoms.